The van der Waals surface area contributed by atoms with Crippen molar-refractivity contribution in [3.05, 3.63) is 52.6 Å². The molecule has 5 rings (SSSR count). The quantitative estimate of drug-likeness (QED) is 0.272. The van der Waals surface area contributed by atoms with E-state index in [9.17, 15) is 39.9 Å². The Kier molecular flexibility index (Phi) is 7.43. The van der Waals surface area contributed by atoms with Gasteiger partial charge in [-0.05, 0) is 77.8 Å². The highest BCUT2D eigenvalue weighted by atomic mass is 16.5. The maximum Gasteiger partial charge on any atom is 0.230 e. The summed E-state index contributed by atoms with van der Waals surface area (Å²) in [6, 6.07) is 8.26. The largest absolute Gasteiger partial charge is 0.507 e. The van der Waals surface area contributed by atoms with Gasteiger partial charge in [-0.3, -0.25) is 14.4 Å². The molecule has 3 aliphatic carbocycles. The fourth-order valence-corrected chi connectivity index (χ4v) is 8.98. The third kappa shape index (κ3) is 4.29. The van der Waals surface area contributed by atoms with Crippen molar-refractivity contribution in [1.82, 2.24) is 0 Å². The molecule has 0 radical (unpaired) electrons. The van der Waals surface area contributed by atoms with Crippen LogP contribution in [0.4, 0.5) is 0 Å². The average Bonchev–Trinajstić information content (AvgIpc) is 2.90. The Morgan fingerprint density at radius 2 is 1.72 bits per heavy atom. The van der Waals surface area contributed by atoms with E-state index >= 15 is 0 Å². The molecule has 0 heterocycles. The number of phenols is 2. The zero-order chi connectivity index (χ0) is 31.8. The Morgan fingerprint density at radius 1 is 1.07 bits per heavy atom. The Bertz CT molecular complexity index is 1500. The lowest BCUT2D eigenvalue weighted by Gasteiger charge is -2.66. The number of fused-ring (bicyclic) bond motifs is 3. The summed E-state index contributed by atoms with van der Waals surface area (Å²) >= 11 is 0. The molecule has 0 bridgehead atoms. The number of aliphatic hydroxyl groups excluding tert-OH is 2. The highest BCUT2D eigenvalue weighted by Gasteiger charge is 2.75. The number of hydrogen-bond acceptors (Lipinski definition) is 9. The minimum Gasteiger partial charge on any atom is -0.507 e. The van der Waals surface area contributed by atoms with Crippen LogP contribution in [0.25, 0.3) is 0 Å². The van der Waals surface area contributed by atoms with E-state index in [1.807, 2.05) is 20.8 Å². The van der Waals surface area contributed by atoms with Crippen LogP contribution in [0.2, 0.25) is 0 Å². The van der Waals surface area contributed by atoms with Crippen LogP contribution in [0.5, 0.6) is 17.2 Å². The predicted octanol–water partition coefficient (Wildman–Crippen LogP) is 2.07. The van der Waals surface area contributed by atoms with Crippen molar-refractivity contribution in [3.63, 3.8) is 0 Å². The summed E-state index contributed by atoms with van der Waals surface area (Å²) in [5.41, 5.74) is 3.00. The molecule has 2 saturated carbocycles. The number of nitrogens with two attached hydrogens (primary N) is 1. The summed E-state index contributed by atoms with van der Waals surface area (Å²) in [4.78, 5) is 40.4. The normalized spacial score (nSPS) is 35.2. The van der Waals surface area contributed by atoms with Crippen molar-refractivity contribution in [2.24, 2.45) is 40.2 Å². The van der Waals surface area contributed by atoms with E-state index in [0.29, 0.717) is 24.2 Å². The van der Waals surface area contributed by atoms with E-state index in [4.69, 9.17) is 10.5 Å². The minimum atomic E-state index is -2.54. The molecule has 0 aromatic heterocycles. The average molecular weight is 596 g/mol. The highest BCUT2D eigenvalue weighted by molar-refractivity contribution is 6.09. The second-order valence-electron chi connectivity index (χ2n) is 13.6. The first-order valence-electron chi connectivity index (χ1n) is 14.7. The van der Waals surface area contributed by atoms with Crippen LogP contribution in [-0.4, -0.2) is 67.9 Å². The van der Waals surface area contributed by atoms with Gasteiger partial charge in [0.15, 0.2) is 28.7 Å². The molecule has 2 aromatic rings. The molecule has 2 unspecified atom stereocenters. The smallest absolute Gasteiger partial charge is 0.230 e. The van der Waals surface area contributed by atoms with Crippen molar-refractivity contribution in [2.75, 3.05) is 7.11 Å². The van der Waals surface area contributed by atoms with E-state index in [1.165, 1.54) is 13.2 Å². The molecule has 10 heteroatoms. The summed E-state index contributed by atoms with van der Waals surface area (Å²) in [7, 11) is 1.47. The molecule has 2 fully saturated rings. The van der Waals surface area contributed by atoms with Crippen LogP contribution in [-0.2, 0) is 28.9 Å². The number of aliphatic hydroxyl groups is 3. The number of phenolic OH excluding ortho intramolecular Hbond substituents is 2. The van der Waals surface area contributed by atoms with Gasteiger partial charge in [-0.25, -0.2) is 0 Å². The van der Waals surface area contributed by atoms with Gasteiger partial charge in [0.05, 0.1) is 24.7 Å². The fraction of sp³-hybridized carbons (Fsp3) is 0.545. The third-order valence-corrected chi connectivity index (χ3v) is 10.7. The lowest BCUT2D eigenvalue weighted by molar-refractivity contribution is -0.265. The first-order valence-corrected chi connectivity index (χ1v) is 14.7. The Hall–Kier alpha value is -3.47. The van der Waals surface area contributed by atoms with Crippen LogP contribution >= 0.6 is 0 Å². The highest BCUT2D eigenvalue weighted by Crippen LogP contribution is 2.65. The lowest BCUT2D eigenvalue weighted by atomic mass is 9.39. The number of aromatic hydroxyl groups is 2. The monoisotopic (exact) mass is 595 g/mol. The van der Waals surface area contributed by atoms with Gasteiger partial charge in [-0.15, -0.1) is 0 Å². The molecule has 1 amide bonds. The van der Waals surface area contributed by atoms with Gasteiger partial charge in [0, 0.05) is 5.41 Å². The SMILES string of the molecule is COc1cc(CCc2ccc(O)c3c2C[C@]2(C)C[C@]4(C)[C@@H](C(C)C)C(O)[C@@H](C(N)=O)C(=O)[C@]4(O)C(O)[C@H]2C3=O)ccc1O. The molecule has 2 aromatic carbocycles. The number of amides is 1. The van der Waals surface area contributed by atoms with E-state index in [2.05, 4.69) is 0 Å². The van der Waals surface area contributed by atoms with Gasteiger partial charge in [0.1, 0.15) is 17.8 Å². The fourth-order valence-electron chi connectivity index (χ4n) is 8.98. The summed E-state index contributed by atoms with van der Waals surface area (Å²) in [5, 5.41) is 56.2. The molecular formula is C33H41NO9. The molecule has 7 N–H and O–H groups in total. The van der Waals surface area contributed by atoms with Gasteiger partial charge in [-0.1, -0.05) is 39.8 Å². The van der Waals surface area contributed by atoms with E-state index in [-0.39, 0.29) is 35.8 Å². The first-order chi connectivity index (χ1) is 20.0. The zero-order valence-electron chi connectivity index (χ0n) is 25.1. The Labute approximate surface area is 250 Å². The van der Waals surface area contributed by atoms with Gasteiger partial charge in [-0.2, -0.15) is 0 Å². The number of carbonyl (C=O) groups is 3. The van der Waals surface area contributed by atoms with Crippen molar-refractivity contribution in [2.45, 2.75) is 71.2 Å². The number of ether oxygens (including phenoxy) is 1. The minimum absolute atomic E-state index is 0.0234. The third-order valence-electron chi connectivity index (χ3n) is 10.7. The number of hydrogen-bond donors (Lipinski definition) is 6. The summed E-state index contributed by atoms with van der Waals surface area (Å²) < 4.78 is 5.22. The van der Waals surface area contributed by atoms with Crippen LogP contribution in [0.1, 0.15) is 61.2 Å². The van der Waals surface area contributed by atoms with Gasteiger partial charge in [0.25, 0.3) is 0 Å². The summed E-state index contributed by atoms with van der Waals surface area (Å²) in [6.45, 7) is 7.09. The molecular weight excluding hydrogens is 554 g/mol. The molecule has 0 spiro atoms. The number of carbonyl (C=O) groups excluding carboxylic acids is 3. The molecule has 8 atom stereocenters. The summed E-state index contributed by atoms with van der Waals surface area (Å²) in [6.07, 6.45) is -1.99. The van der Waals surface area contributed by atoms with Crippen LogP contribution in [0, 0.1) is 34.5 Å². The number of ketones is 2. The Balaban J connectivity index is 1.60. The maximum absolute atomic E-state index is 14.2. The lowest BCUT2D eigenvalue weighted by Crippen LogP contribution is -2.79. The second-order valence-corrected chi connectivity index (χ2v) is 13.6. The van der Waals surface area contributed by atoms with Crippen molar-refractivity contribution in [3.8, 4) is 17.2 Å². The van der Waals surface area contributed by atoms with Crippen molar-refractivity contribution >= 4 is 17.5 Å². The molecule has 10 nitrogen and oxygen atoms in total. The molecule has 3 aliphatic rings. The van der Waals surface area contributed by atoms with Crippen LogP contribution in [0.15, 0.2) is 30.3 Å². The van der Waals surface area contributed by atoms with E-state index in [1.54, 1.807) is 31.2 Å². The molecule has 0 aliphatic heterocycles. The zero-order valence-corrected chi connectivity index (χ0v) is 25.1. The number of methoxy groups -OCH3 is 1. The van der Waals surface area contributed by atoms with Gasteiger partial charge in [0.2, 0.25) is 5.91 Å². The van der Waals surface area contributed by atoms with Crippen LogP contribution in [0.3, 0.4) is 0 Å². The number of aryl methyl sites for hydroxylation is 2. The van der Waals surface area contributed by atoms with Crippen molar-refractivity contribution < 1.29 is 44.7 Å². The van der Waals surface area contributed by atoms with Crippen molar-refractivity contribution in [1.29, 1.82) is 0 Å². The van der Waals surface area contributed by atoms with Crippen LogP contribution < -0.4 is 10.5 Å². The Morgan fingerprint density at radius 3 is 2.33 bits per heavy atom. The number of rotatable bonds is 6. The standard InChI is InChI=1S/C33H41NO9/c1-15(2)24-27(38)23(30(34)41)28(39)33(42)29(40)25-26(37)22-18(13-31(25,3)14-32(24,33)4)17(9-11-20(22)36)8-6-16-7-10-19(35)21(12-16)43-5/h7,9-12,15,23-25,27,29,35-36,38,40,42H,6,8,13-14H2,1-5H3,(H2,34,41)/t23-,24+,25-,27?,29?,31-,32-,33+/m1/s1. The number of benzene rings is 2. The van der Waals surface area contributed by atoms with Gasteiger partial charge < -0.3 is 36.0 Å². The number of primary amides is 1. The molecule has 43 heavy (non-hydrogen) atoms. The summed E-state index contributed by atoms with van der Waals surface area (Å²) in [5.74, 6) is -6.79. The van der Waals surface area contributed by atoms with E-state index in [0.717, 1.165) is 11.1 Å². The maximum atomic E-state index is 14.2. The molecule has 232 valence electrons. The molecule has 0 saturated heterocycles. The second kappa shape index (κ2) is 10.3. The number of Topliss-reactive ketones (excluding diaryl/α,β-unsaturated/α-hetero) is 2. The van der Waals surface area contributed by atoms with E-state index < -0.39 is 63.9 Å². The van der Waals surface area contributed by atoms with Gasteiger partial charge >= 0.3 is 0 Å². The first kappa shape index (κ1) is 31.0. The topological polar surface area (TPSA) is 188 Å². The predicted molar refractivity (Wildman–Crippen MR) is 156 cm³/mol.